The molecule has 0 aliphatic carbocycles. The lowest BCUT2D eigenvalue weighted by atomic mass is 9.94. The Kier molecular flexibility index (Phi) is 2.18. The van der Waals surface area contributed by atoms with E-state index >= 15 is 0 Å². The van der Waals surface area contributed by atoms with Crippen LogP contribution in [0.2, 0.25) is 0 Å². The summed E-state index contributed by atoms with van der Waals surface area (Å²) < 4.78 is 5.33. The first-order valence-electron chi connectivity index (χ1n) is 6.30. The fourth-order valence-electron chi connectivity index (χ4n) is 2.76. The van der Waals surface area contributed by atoms with E-state index in [1.807, 2.05) is 0 Å². The van der Waals surface area contributed by atoms with Crippen LogP contribution in [0.15, 0.2) is 6.20 Å². The molecule has 100 valence electrons. The Bertz CT molecular complexity index is 621. The number of piperazine rings is 1. The maximum absolute atomic E-state index is 5.77. The fourth-order valence-corrected chi connectivity index (χ4v) is 2.76. The summed E-state index contributed by atoms with van der Waals surface area (Å²) in [4.78, 5) is 10.8. The molecule has 4 rings (SSSR count). The third-order valence-corrected chi connectivity index (χ3v) is 3.74. The molecule has 4 heterocycles. The van der Waals surface area contributed by atoms with Gasteiger partial charge in [-0.2, -0.15) is 15.1 Å². The first-order chi connectivity index (χ1) is 9.26. The van der Waals surface area contributed by atoms with Gasteiger partial charge in [-0.05, 0) is 0 Å². The zero-order valence-electron chi connectivity index (χ0n) is 10.4. The molecule has 2 fully saturated rings. The number of aromatic nitrogens is 4. The number of rotatable bonds is 1. The van der Waals surface area contributed by atoms with Gasteiger partial charge in [-0.1, -0.05) is 0 Å². The van der Waals surface area contributed by atoms with Gasteiger partial charge in [0.25, 0.3) is 0 Å². The standard InChI is InChI=1S/C11H15N7O/c12-10-15-8-7(3-14-17-8)9(16-10)18-2-1-13-11(4-18)5-19-6-11/h3,13H,1-2,4-6H2,(H3,12,14,15,16,17). The van der Waals surface area contributed by atoms with Crippen molar-refractivity contribution in [2.75, 3.05) is 43.5 Å². The first kappa shape index (κ1) is 10.9. The van der Waals surface area contributed by atoms with Crippen molar-refractivity contribution >= 4 is 22.8 Å². The van der Waals surface area contributed by atoms with Gasteiger partial charge in [-0.15, -0.1) is 0 Å². The van der Waals surface area contributed by atoms with E-state index in [0.717, 1.165) is 44.1 Å². The SMILES string of the molecule is Nc1nc(N2CCNC3(COC3)C2)c2cn[nH]c2n1. The minimum atomic E-state index is 0.0635. The fraction of sp³-hybridized carbons (Fsp3) is 0.545. The summed E-state index contributed by atoms with van der Waals surface area (Å²) in [7, 11) is 0. The molecule has 0 aromatic carbocycles. The Morgan fingerprint density at radius 3 is 3.05 bits per heavy atom. The van der Waals surface area contributed by atoms with Crippen LogP contribution >= 0.6 is 0 Å². The summed E-state index contributed by atoms with van der Waals surface area (Å²) in [6, 6.07) is 0. The monoisotopic (exact) mass is 261 g/mol. The van der Waals surface area contributed by atoms with Crippen molar-refractivity contribution in [3.8, 4) is 0 Å². The van der Waals surface area contributed by atoms with Gasteiger partial charge in [0.15, 0.2) is 5.65 Å². The Morgan fingerprint density at radius 1 is 1.37 bits per heavy atom. The predicted octanol–water partition coefficient (Wildman–Crippen LogP) is -0.886. The molecular formula is C11H15N7O. The summed E-state index contributed by atoms with van der Waals surface area (Å²) >= 11 is 0. The number of nitrogens with one attached hydrogen (secondary N) is 2. The number of nitrogens with zero attached hydrogens (tertiary/aromatic N) is 4. The Labute approximate surface area is 109 Å². The molecule has 19 heavy (non-hydrogen) atoms. The van der Waals surface area contributed by atoms with E-state index in [4.69, 9.17) is 10.5 Å². The minimum absolute atomic E-state index is 0.0635. The summed E-state index contributed by atoms with van der Waals surface area (Å²) in [6.45, 7) is 4.16. The average molecular weight is 261 g/mol. The second-order valence-corrected chi connectivity index (χ2v) is 5.16. The molecule has 2 aromatic rings. The van der Waals surface area contributed by atoms with Crippen molar-refractivity contribution in [1.82, 2.24) is 25.5 Å². The second-order valence-electron chi connectivity index (χ2n) is 5.16. The Balaban J connectivity index is 1.75. The largest absolute Gasteiger partial charge is 0.377 e. The van der Waals surface area contributed by atoms with E-state index in [2.05, 4.69) is 30.4 Å². The van der Waals surface area contributed by atoms with Crippen molar-refractivity contribution < 1.29 is 4.74 Å². The quantitative estimate of drug-likeness (QED) is 0.611. The lowest BCUT2D eigenvalue weighted by molar-refractivity contribution is -0.0743. The van der Waals surface area contributed by atoms with E-state index in [-0.39, 0.29) is 11.5 Å². The predicted molar refractivity (Wildman–Crippen MR) is 69.9 cm³/mol. The van der Waals surface area contributed by atoms with Gasteiger partial charge in [0.05, 0.1) is 30.3 Å². The normalized spacial score (nSPS) is 21.8. The van der Waals surface area contributed by atoms with E-state index in [1.165, 1.54) is 0 Å². The highest BCUT2D eigenvalue weighted by atomic mass is 16.5. The van der Waals surface area contributed by atoms with E-state index in [0.29, 0.717) is 5.65 Å². The van der Waals surface area contributed by atoms with Gasteiger partial charge in [0.2, 0.25) is 5.95 Å². The molecule has 2 aliphatic heterocycles. The van der Waals surface area contributed by atoms with Gasteiger partial charge in [0.1, 0.15) is 5.82 Å². The van der Waals surface area contributed by atoms with E-state index in [9.17, 15) is 0 Å². The zero-order valence-corrected chi connectivity index (χ0v) is 10.4. The number of ether oxygens (including phenoxy) is 1. The topological polar surface area (TPSA) is 105 Å². The van der Waals surface area contributed by atoms with Crippen molar-refractivity contribution in [3.05, 3.63) is 6.20 Å². The number of nitrogen functional groups attached to an aromatic ring is 1. The molecule has 0 radical (unpaired) electrons. The van der Waals surface area contributed by atoms with Crippen molar-refractivity contribution in [1.29, 1.82) is 0 Å². The van der Waals surface area contributed by atoms with Crippen LogP contribution in [0.1, 0.15) is 0 Å². The van der Waals surface area contributed by atoms with Crippen molar-refractivity contribution in [2.45, 2.75) is 5.54 Å². The number of hydrogen-bond donors (Lipinski definition) is 3. The molecule has 0 unspecified atom stereocenters. The highest BCUT2D eigenvalue weighted by Crippen LogP contribution is 2.28. The van der Waals surface area contributed by atoms with Gasteiger partial charge in [-0.3, -0.25) is 5.10 Å². The van der Waals surface area contributed by atoms with E-state index in [1.54, 1.807) is 6.20 Å². The van der Waals surface area contributed by atoms with E-state index < -0.39 is 0 Å². The summed E-state index contributed by atoms with van der Waals surface area (Å²) in [6.07, 6.45) is 1.75. The molecule has 0 amide bonds. The Hall–Kier alpha value is -1.93. The number of anilines is 2. The lowest BCUT2D eigenvalue weighted by Gasteiger charge is -2.49. The molecule has 2 saturated heterocycles. The lowest BCUT2D eigenvalue weighted by Crippen LogP contribution is -2.70. The van der Waals surface area contributed by atoms with Gasteiger partial charge in [0, 0.05) is 19.6 Å². The van der Waals surface area contributed by atoms with Crippen LogP contribution in [0.3, 0.4) is 0 Å². The second kappa shape index (κ2) is 3.78. The summed E-state index contributed by atoms with van der Waals surface area (Å²) in [5.74, 6) is 1.12. The van der Waals surface area contributed by atoms with Crippen LogP contribution < -0.4 is 16.0 Å². The van der Waals surface area contributed by atoms with Crippen LogP contribution in [-0.4, -0.2) is 58.6 Å². The molecule has 8 nitrogen and oxygen atoms in total. The molecule has 1 spiro atoms. The highest BCUT2D eigenvalue weighted by Gasteiger charge is 2.42. The van der Waals surface area contributed by atoms with Crippen molar-refractivity contribution in [2.24, 2.45) is 0 Å². The summed E-state index contributed by atoms with van der Waals surface area (Å²) in [5, 5.41) is 11.3. The first-order valence-corrected chi connectivity index (χ1v) is 6.30. The van der Waals surface area contributed by atoms with Crippen LogP contribution in [0, 0.1) is 0 Å². The highest BCUT2D eigenvalue weighted by molar-refractivity contribution is 5.87. The number of fused-ring (bicyclic) bond motifs is 1. The molecule has 2 aliphatic rings. The van der Waals surface area contributed by atoms with Crippen LogP contribution in [0.5, 0.6) is 0 Å². The van der Waals surface area contributed by atoms with Crippen molar-refractivity contribution in [3.63, 3.8) is 0 Å². The molecule has 0 saturated carbocycles. The number of aromatic amines is 1. The smallest absolute Gasteiger partial charge is 0.224 e. The molecule has 0 atom stereocenters. The number of hydrogen-bond acceptors (Lipinski definition) is 7. The summed E-state index contributed by atoms with van der Waals surface area (Å²) in [5.41, 5.74) is 6.51. The molecule has 0 bridgehead atoms. The maximum Gasteiger partial charge on any atom is 0.224 e. The van der Waals surface area contributed by atoms with Gasteiger partial charge < -0.3 is 20.7 Å². The third-order valence-electron chi connectivity index (χ3n) is 3.74. The van der Waals surface area contributed by atoms with Gasteiger partial charge in [-0.25, -0.2) is 0 Å². The number of H-pyrrole nitrogens is 1. The molecule has 2 aromatic heterocycles. The number of nitrogens with two attached hydrogens (primary N) is 1. The van der Waals surface area contributed by atoms with Crippen LogP contribution in [-0.2, 0) is 4.74 Å². The third kappa shape index (κ3) is 1.64. The average Bonchev–Trinajstić information content (AvgIpc) is 2.84. The Morgan fingerprint density at radius 2 is 2.26 bits per heavy atom. The van der Waals surface area contributed by atoms with Gasteiger partial charge >= 0.3 is 0 Å². The maximum atomic E-state index is 5.77. The molecule has 4 N–H and O–H groups in total. The van der Waals surface area contributed by atoms with Crippen LogP contribution in [0.4, 0.5) is 11.8 Å². The minimum Gasteiger partial charge on any atom is -0.377 e. The zero-order chi connectivity index (χ0) is 12.9. The molecular weight excluding hydrogens is 246 g/mol. The van der Waals surface area contributed by atoms with Crippen LogP contribution in [0.25, 0.3) is 11.0 Å². The molecule has 8 heteroatoms.